The SMILES string of the molecule is CCC(C)(C)NC(=O)C(C)Sc1nc2ccccc2c(=O)n1-c1cccc(Cl)c1C. The first-order valence-electron chi connectivity index (χ1n) is 9.90. The number of amides is 1. The zero-order valence-corrected chi connectivity index (χ0v) is 19.4. The Morgan fingerprint density at radius 1 is 1.23 bits per heavy atom. The lowest BCUT2D eigenvalue weighted by molar-refractivity contribution is -0.121. The number of hydrogen-bond donors (Lipinski definition) is 1. The fraction of sp³-hybridized carbons (Fsp3) is 0.348. The number of nitrogens with zero attached hydrogens (tertiary/aromatic N) is 2. The Morgan fingerprint density at radius 2 is 1.93 bits per heavy atom. The largest absolute Gasteiger partial charge is 0.350 e. The van der Waals surface area contributed by atoms with Gasteiger partial charge in [-0.1, -0.05) is 48.5 Å². The minimum absolute atomic E-state index is 0.0939. The molecule has 0 saturated carbocycles. The highest BCUT2D eigenvalue weighted by Gasteiger charge is 2.25. The van der Waals surface area contributed by atoms with Crippen LogP contribution in [-0.4, -0.2) is 26.2 Å². The van der Waals surface area contributed by atoms with Crippen molar-refractivity contribution in [2.75, 3.05) is 0 Å². The molecule has 3 rings (SSSR count). The van der Waals surface area contributed by atoms with Crippen LogP contribution in [0, 0.1) is 6.92 Å². The maximum atomic E-state index is 13.4. The third-order valence-corrected chi connectivity index (χ3v) is 6.68. The Hall–Kier alpha value is -2.31. The monoisotopic (exact) mass is 443 g/mol. The standard InChI is InChI=1S/C23H26ClN3O2S/c1-6-23(4,5)26-20(28)15(3)30-22-25-18-12-8-7-10-16(18)21(29)27(22)19-13-9-11-17(24)14(19)2/h7-13,15H,6H2,1-5H3,(H,26,28). The van der Waals surface area contributed by atoms with E-state index in [0.717, 1.165) is 12.0 Å². The molecular weight excluding hydrogens is 418 g/mol. The molecule has 0 fully saturated rings. The van der Waals surface area contributed by atoms with Gasteiger partial charge < -0.3 is 5.32 Å². The molecule has 1 heterocycles. The minimum atomic E-state index is -0.436. The summed E-state index contributed by atoms with van der Waals surface area (Å²) in [6.07, 6.45) is 0.816. The number of benzene rings is 2. The fourth-order valence-corrected chi connectivity index (χ4v) is 4.07. The molecule has 0 radical (unpaired) electrons. The van der Waals surface area contributed by atoms with Crippen molar-refractivity contribution in [2.24, 2.45) is 0 Å². The van der Waals surface area contributed by atoms with Gasteiger partial charge in [0.15, 0.2) is 5.16 Å². The van der Waals surface area contributed by atoms with Crippen molar-refractivity contribution < 1.29 is 4.79 Å². The molecule has 0 bridgehead atoms. The number of halogens is 1. The van der Waals surface area contributed by atoms with Gasteiger partial charge in [-0.2, -0.15) is 0 Å². The van der Waals surface area contributed by atoms with Gasteiger partial charge in [0.05, 0.1) is 21.8 Å². The van der Waals surface area contributed by atoms with E-state index in [4.69, 9.17) is 16.6 Å². The van der Waals surface area contributed by atoms with Crippen LogP contribution in [-0.2, 0) is 4.79 Å². The topological polar surface area (TPSA) is 64.0 Å². The van der Waals surface area contributed by atoms with Gasteiger partial charge in [0.1, 0.15) is 0 Å². The molecule has 1 aromatic heterocycles. The van der Waals surface area contributed by atoms with Crippen molar-refractivity contribution in [3.8, 4) is 5.69 Å². The summed E-state index contributed by atoms with van der Waals surface area (Å²) in [7, 11) is 0. The van der Waals surface area contributed by atoms with Gasteiger partial charge in [0, 0.05) is 10.6 Å². The van der Waals surface area contributed by atoms with Crippen LogP contribution in [0.2, 0.25) is 5.02 Å². The second-order valence-electron chi connectivity index (χ2n) is 7.92. The average Bonchev–Trinajstić information content (AvgIpc) is 2.70. The van der Waals surface area contributed by atoms with Crippen molar-refractivity contribution >= 4 is 40.2 Å². The predicted octanol–water partition coefficient (Wildman–Crippen LogP) is 5.13. The first-order valence-corrected chi connectivity index (χ1v) is 11.2. The highest BCUT2D eigenvalue weighted by molar-refractivity contribution is 8.00. The van der Waals surface area contributed by atoms with E-state index >= 15 is 0 Å². The van der Waals surface area contributed by atoms with Crippen LogP contribution >= 0.6 is 23.4 Å². The number of carbonyl (C=O) groups is 1. The molecule has 0 spiro atoms. The average molecular weight is 444 g/mol. The van der Waals surface area contributed by atoms with Crippen LogP contribution in [0.4, 0.5) is 0 Å². The highest BCUT2D eigenvalue weighted by atomic mass is 35.5. The lowest BCUT2D eigenvalue weighted by Gasteiger charge is -2.26. The summed E-state index contributed by atoms with van der Waals surface area (Å²) in [4.78, 5) is 30.9. The van der Waals surface area contributed by atoms with E-state index in [1.807, 2.05) is 52.8 Å². The first kappa shape index (κ1) is 22.4. The summed E-state index contributed by atoms with van der Waals surface area (Å²) in [5.74, 6) is -0.0939. The summed E-state index contributed by atoms with van der Waals surface area (Å²) in [6, 6.07) is 12.7. The van der Waals surface area contributed by atoms with Gasteiger partial charge in [0.2, 0.25) is 5.91 Å². The Labute approximate surface area is 185 Å². The number of rotatable bonds is 6. The van der Waals surface area contributed by atoms with Crippen LogP contribution < -0.4 is 10.9 Å². The van der Waals surface area contributed by atoms with Crippen molar-refractivity contribution in [1.82, 2.24) is 14.9 Å². The van der Waals surface area contributed by atoms with Crippen molar-refractivity contribution in [3.05, 3.63) is 63.4 Å². The molecule has 1 amide bonds. The number of nitrogens with one attached hydrogen (secondary N) is 1. The second kappa shape index (κ2) is 8.82. The smallest absolute Gasteiger partial charge is 0.266 e. The molecule has 0 aliphatic carbocycles. The zero-order chi connectivity index (χ0) is 22.1. The fourth-order valence-electron chi connectivity index (χ4n) is 2.98. The molecule has 0 aliphatic heterocycles. The second-order valence-corrected chi connectivity index (χ2v) is 9.64. The lowest BCUT2D eigenvalue weighted by atomic mass is 10.0. The van der Waals surface area contributed by atoms with E-state index in [2.05, 4.69) is 5.32 Å². The molecule has 3 aromatic rings. The van der Waals surface area contributed by atoms with Gasteiger partial charge in [-0.25, -0.2) is 4.98 Å². The summed E-state index contributed by atoms with van der Waals surface area (Å²) in [5, 5.41) is 4.17. The maximum absolute atomic E-state index is 13.4. The summed E-state index contributed by atoms with van der Waals surface area (Å²) in [5.41, 5.74) is 1.56. The van der Waals surface area contributed by atoms with E-state index in [-0.39, 0.29) is 17.0 Å². The van der Waals surface area contributed by atoms with Crippen molar-refractivity contribution in [1.29, 1.82) is 0 Å². The third-order valence-electron chi connectivity index (χ3n) is 5.22. The van der Waals surface area contributed by atoms with Crippen LogP contribution in [0.3, 0.4) is 0 Å². The molecule has 1 N–H and O–H groups in total. The van der Waals surface area contributed by atoms with Crippen molar-refractivity contribution in [3.63, 3.8) is 0 Å². The van der Waals surface area contributed by atoms with Gasteiger partial charge in [-0.05, 0) is 63.9 Å². The van der Waals surface area contributed by atoms with Gasteiger partial charge in [0.25, 0.3) is 5.56 Å². The number of fused-ring (bicyclic) bond motifs is 1. The highest BCUT2D eigenvalue weighted by Crippen LogP contribution is 2.29. The van der Waals surface area contributed by atoms with Gasteiger partial charge in [-0.3, -0.25) is 14.2 Å². The van der Waals surface area contributed by atoms with E-state index < -0.39 is 5.25 Å². The Morgan fingerprint density at radius 3 is 2.63 bits per heavy atom. The molecule has 2 aromatic carbocycles. The van der Waals surface area contributed by atoms with Crippen LogP contribution in [0.25, 0.3) is 16.6 Å². The predicted molar refractivity (Wildman–Crippen MR) is 125 cm³/mol. The summed E-state index contributed by atoms with van der Waals surface area (Å²) >= 11 is 7.59. The Bertz CT molecular complexity index is 1160. The lowest BCUT2D eigenvalue weighted by Crippen LogP contribution is -2.46. The van der Waals surface area contributed by atoms with Gasteiger partial charge in [-0.15, -0.1) is 0 Å². The van der Waals surface area contributed by atoms with E-state index in [1.165, 1.54) is 11.8 Å². The zero-order valence-electron chi connectivity index (χ0n) is 17.8. The summed E-state index contributed by atoms with van der Waals surface area (Å²) in [6.45, 7) is 9.70. The van der Waals surface area contributed by atoms with E-state index in [1.54, 1.807) is 28.8 Å². The molecule has 30 heavy (non-hydrogen) atoms. The number of aromatic nitrogens is 2. The number of para-hydroxylation sites is 1. The van der Waals surface area contributed by atoms with E-state index in [9.17, 15) is 9.59 Å². The normalized spacial score (nSPS) is 12.7. The minimum Gasteiger partial charge on any atom is -0.350 e. The molecule has 5 nitrogen and oxygen atoms in total. The molecular formula is C23H26ClN3O2S. The number of hydrogen-bond acceptors (Lipinski definition) is 4. The third kappa shape index (κ3) is 4.55. The molecule has 7 heteroatoms. The Kier molecular flexibility index (Phi) is 6.58. The number of thioether (sulfide) groups is 1. The van der Waals surface area contributed by atoms with Crippen LogP contribution in [0.5, 0.6) is 0 Å². The first-order chi connectivity index (χ1) is 14.1. The molecule has 0 saturated heterocycles. The maximum Gasteiger partial charge on any atom is 0.266 e. The Balaban J connectivity index is 2.13. The van der Waals surface area contributed by atoms with E-state index in [0.29, 0.717) is 26.8 Å². The molecule has 1 atom stereocenters. The van der Waals surface area contributed by atoms with Crippen molar-refractivity contribution in [2.45, 2.75) is 57.0 Å². The number of carbonyl (C=O) groups excluding carboxylic acids is 1. The van der Waals surface area contributed by atoms with Gasteiger partial charge >= 0.3 is 0 Å². The molecule has 1 unspecified atom stereocenters. The van der Waals surface area contributed by atoms with Crippen LogP contribution in [0.15, 0.2) is 52.4 Å². The van der Waals surface area contributed by atoms with Crippen LogP contribution in [0.1, 0.15) is 39.7 Å². The quantitative estimate of drug-likeness (QED) is 0.423. The molecule has 158 valence electrons. The summed E-state index contributed by atoms with van der Waals surface area (Å²) < 4.78 is 1.56. The molecule has 0 aliphatic rings.